The monoisotopic (exact) mass is 344 g/mol. The summed E-state index contributed by atoms with van der Waals surface area (Å²) in [5.41, 5.74) is 0.0690. The second-order valence-electron chi connectivity index (χ2n) is 5.84. The number of anilines is 1. The number of rotatable bonds is 6. The van der Waals surface area contributed by atoms with Crippen molar-refractivity contribution in [3.63, 3.8) is 0 Å². The molecule has 1 fully saturated rings. The van der Waals surface area contributed by atoms with E-state index < -0.39 is 12.0 Å². The molecule has 1 aliphatic heterocycles. The van der Waals surface area contributed by atoms with Crippen molar-refractivity contribution in [3.05, 3.63) is 18.0 Å². The SMILES string of the molecule is COCCN1CC[C@@H](CNc2ccc3nnc(C(F)(F)F)n3n2)C1. The molecule has 0 spiro atoms. The summed E-state index contributed by atoms with van der Waals surface area (Å²) in [6.45, 7) is 4.20. The lowest BCUT2D eigenvalue weighted by molar-refractivity contribution is -0.146. The molecule has 132 valence electrons. The molecule has 3 rings (SSSR count). The Morgan fingerprint density at radius 1 is 1.33 bits per heavy atom. The second kappa shape index (κ2) is 6.89. The number of nitrogens with one attached hydrogen (secondary N) is 1. The first-order valence-electron chi connectivity index (χ1n) is 7.72. The fourth-order valence-electron chi connectivity index (χ4n) is 2.81. The third-order valence-electron chi connectivity index (χ3n) is 4.07. The summed E-state index contributed by atoms with van der Waals surface area (Å²) in [5.74, 6) is -0.307. The van der Waals surface area contributed by atoms with Crippen molar-refractivity contribution in [2.45, 2.75) is 12.6 Å². The number of halogens is 3. The van der Waals surface area contributed by atoms with Crippen LogP contribution in [0.2, 0.25) is 0 Å². The summed E-state index contributed by atoms with van der Waals surface area (Å²) in [6.07, 6.45) is -3.54. The number of ether oxygens (including phenoxy) is 1. The number of likely N-dealkylation sites (tertiary alicyclic amines) is 1. The van der Waals surface area contributed by atoms with E-state index in [0.717, 1.165) is 30.6 Å². The van der Waals surface area contributed by atoms with E-state index in [1.807, 2.05) is 0 Å². The van der Waals surface area contributed by atoms with E-state index in [0.29, 0.717) is 24.9 Å². The Balaban J connectivity index is 1.62. The molecular formula is C14H19F3N6O. The zero-order chi connectivity index (χ0) is 17.2. The molecule has 1 aliphatic rings. The number of methoxy groups -OCH3 is 1. The standard InChI is InChI=1S/C14H19F3N6O/c1-24-7-6-22-5-4-10(9-22)8-18-11-2-3-12-19-20-13(14(15,16)17)23(12)21-11/h2-3,10H,4-9H2,1H3,(H,18,21)/t10-/m0/s1. The Hall–Kier alpha value is -1.94. The number of alkyl halides is 3. The third kappa shape index (κ3) is 3.75. The average Bonchev–Trinajstić information content (AvgIpc) is 3.16. The zero-order valence-corrected chi connectivity index (χ0v) is 13.3. The maximum atomic E-state index is 12.9. The van der Waals surface area contributed by atoms with E-state index in [9.17, 15) is 13.2 Å². The van der Waals surface area contributed by atoms with Crippen molar-refractivity contribution < 1.29 is 17.9 Å². The minimum absolute atomic E-state index is 0.0690. The van der Waals surface area contributed by atoms with Gasteiger partial charge in [0.2, 0.25) is 0 Å². The van der Waals surface area contributed by atoms with Crippen LogP contribution in [0.4, 0.5) is 19.0 Å². The van der Waals surface area contributed by atoms with Crippen LogP contribution in [0.25, 0.3) is 5.65 Å². The van der Waals surface area contributed by atoms with Gasteiger partial charge in [-0.05, 0) is 31.0 Å². The van der Waals surface area contributed by atoms with Gasteiger partial charge in [0.15, 0.2) is 5.65 Å². The normalized spacial score (nSPS) is 19.2. The summed E-state index contributed by atoms with van der Waals surface area (Å²) in [7, 11) is 1.68. The van der Waals surface area contributed by atoms with Gasteiger partial charge in [0.1, 0.15) is 5.82 Å². The molecule has 1 atom stereocenters. The molecule has 0 saturated carbocycles. The topological polar surface area (TPSA) is 67.6 Å². The van der Waals surface area contributed by atoms with E-state index in [1.54, 1.807) is 13.2 Å². The van der Waals surface area contributed by atoms with E-state index in [1.165, 1.54) is 6.07 Å². The molecule has 2 aromatic rings. The predicted molar refractivity (Wildman–Crippen MR) is 80.7 cm³/mol. The molecule has 0 radical (unpaired) electrons. The Labute approximate surface area is 136 Å². The van der Waals surface area contributed by atoms with Gasteiger partial charge in [0, 0.05) is 26.7 Å². The maximum absolute atomic E-state index is 12.9. The van der Waals surface area contributed by atoms with Gasteiger partial charge in [0.25, 0.3) is 5.82 Å². The minimum Gasteiger partial charge on any atom is -0.383 e. The molecule has 0 bridgehead atoms. The molecule has 1 N–H and O–H groups in total. The van der Waals surface area contributed by atoms with Gasteiger partial charge >= 0.3 is 6.18 Å². The summed E-state index contributed by atoms with van der Waals surface area (Å²) >= 11 is 0. The number of nitrogens with zero attached hydrogens (tertiary/aromatic N) is 5. The third-order valence-corrected chi connectivity index (χ3v) is 4.07. The summed E-state index contributed by atoms with van der Waals surface area (Å²) in [4.78, 5) is 2.31. The van der Waals surface area contributed by atoms with Crippen LogP contribution in [-0.2, 0) is 10.9 Å². The summed E-state index contributed by atoms with van der Waals surface area (Å²) < 4.78 is 44.4. The first kappa shape index (κ1) is 16.9. The zero-order valence-electron chi connectivity index (χ0n) is 13.3. The van der Waals surface area contributed by atoms with Crippen LogP contribution in [-0.4, -0.2) is 64.6 Å². The largest absolute Gasteiger partial charge is 0.453 e. The van der Waals surface area contributed by atoms with Gasteiger partial charge in [-0.3, -0.25) is 0 Å². The number of aromatic nitrogens is 4. The highest BCUT2D eigenvalue weighted by Crippen LogP contribution is 2.27. The molecule has 24 heavy (non-hydrogen) atoms. The van der Waals surface area contributed by atoms with E-state index >= 15 is 0 Å². The lowest BCUT2D eigenvalue weighted by Crippen LogP contribution is -2.26. The molecule has 7 nitrogen and oxygen atoms in total. The highest BCUT2D eigenvalue weighted by Gasteiger charge is 2.37. The van der Waals surface area contributed by atoms with E-state index in [-0.39, 0.29) is 5.65 Å². The molecule has 10 heteroatoms. The van der Waals surface area contributed by atoms with Gasteiger partial charge in [-0.15, -0.1) is 15.3 Å². The lowest BCUT2D eigenvalue weighted by atomic mass is 10.1. The van der Waals surface area contributed by atoms with Crippen molar-refractivity contribution in [3.8, 4) is 0 Å². The van der Waals surface area contributed by atoms with Crippen LogP contribution in [0.15, 0.2) is 12.1 Å². The van der Waals surface area contributed by atoms with Crippen LogP contribution in [0.3, 0.4) is 0 Å². The fourth-order valence-corrected chi connectivity index (χ4v) is 2.81. The maximum Gasteiger partial charge on any atom is 0.453 e. The Morgan fingerprint density at radius 3 is 2.92 bits per heavy atom. The molecule has 0 amide bonds. The van der Waals surface area contributed by atoms with E-state index in [4.69, 9.17) is 4.74 Å². The van der Waals surface area contributed by atoms with Gasteiger partial charge in [-0.1, -0.05) is 0 Å². The number of fused-ring (bicyclic) bond motifs is 1. The molecule has 1 saturated heterocycles. The lowest BCUT2D eigenvalue weighted by Gasteiger charge is -2.15. The first-order valence-corrected chi connectivity index (χ1v) is 7.72. The molecule has 2 aromatic heterocycles. The molecule has 0 aromatic carbocycles. The van der Waals surface area contributed by atoms with Crippen molar-refractivity contribution >= 4 is 11.5 Å². The van der Waals surface area contributed by atoms with Crippen molar-refractivity contribution in [2.24, 2.45) is 5.92 Å². The molecule has 3 heterocycles. The summed E-state index contributed by atoms with van der Waals surface area (Å²) in [6, 6.07) is 3.08. The Kier molecular flexibility index (Phi) is 4.86. The Morgan fingerprint density at radius 2 is 2.17 bits per heavy atom. The predicted octanol–water partition coefficient (Wildman–Crippen LogP) is 1.52. The highest BCUT2D eigenvalue weighted by atomic mass is 19.4. The van der Waals surface area contributed by atoms with Crippen LogP contribution in [0.1, 0.15) is 12.2 Å². The smallest absolute Gasteiger partial charge is 0.383 e. The minimum atomic E-state index is -4.58. The molecule has 0 aliphatic carbocycles. The number of hydrogen-bond acceptors (Lipinski definition) is 6. The quantitative estimate of drug-likeness (QED) is 0.857. The van der Waals surface area contributed by atoms with Crippen LogP contribution in [0.5, 0.6) is 0 Å². The van der Waals surface area contributed by atoms with Gasteiger partial charge < -0.3 is 15.0 Å². The van der Waals surface area contributed by atoms with Gasteiger partial charge in [-0.25, -0.2) is 0 Å². The van der Waals surface area contributed by atoms with Crippen molar-refractivity contribution in [1.82, 2.24) is 24.7 Å². The number of hydrogen-bond donors (Lipinski definition) is 1. The molecule has 0 unspecified atom stereocenters. The molecular weight excluding hydrogens is 325 g/mol. The Bertz CT molecular complexity index is 689. The van der Waals surface area contributed by atoms with Gasteiger partial charge in [-0.2, -0.15) is 17.7 Å². The van der Waals surface area contributed by atoms with Gasteiger partial charge in [0.05, 0.1) is 6.61 Å². The average molecular weight is 344 g/mol. The van der Waals surface area contributed by atoms with Crippen molar-refractivity contribution in [1.29, 1.82) is 0 Å². The fraction of sp³-hybridized carbons (Fsp3) is 0.643. The van der Waals surface area contributed by atoms with Crippen LogP contribution >= 0.6 is 0 Å². The summed E-state index contributed by atoms with van der Waals surface area (Å²) in [5, 5.41) is 13.7. The van der Waals surface area contributed by atoms with Crippen molar-refractivity contribution in [2.75, 3.05) is 45.2 Å². The van der Waals surface area contributed by atoms with Crippen LogP contribution < -0.4 is 5.32 Å². The highest BCUT2D eigenvalue weighted by molar-refractivity contribution is 5.44. The first-order chi connectivity index (χ1) is 11.5. The van der Waals surface area contributed by atoms with Crippen LogP contribution in [0, 0.1) is 5.92 Å². The van der Waals surface area contributed by atoms with E-state index in [2.05, 4.69) is 25.5 Å². The second-order valence-corrected chi connectivity index (χ2v) is 5.84.